The summed E-state index contributed by atoms with van der Waals surface area (Å²) in [6.45, 7) is 4.41. The molecule has 0 radical (unpaired) electrons. The Bertz CT molecular complexity index is 679. The van der Waals surface area contributed by atoms with Crippen molar-refractivity contribution in [2.45, 2.75) is 45.2 Å². The maximum absolute atomic E-state index is 14.5. The van der Waals surface area contributed by atoms with Gasteiger partial charge in [0.15, 0.2) is 11.6 Å². The largest absolute Gasteiger partial charge is 0.354 e. The Balaban J connectivity index is 1.64. The van der Waals surface area contributed by atoms with Gasteiger partial charge in [-0.2, -0.15) is 0 Å². The van der Waals surface area contributed by atoms with Crippen molar-refractivity contribution in [2.24, 2.45) is 0 Å². The molecule has 2 aromatic rings. The maximum Gasteiger partial charge on any atom is 0.187 e. The van der Waals surface area contributed by atoms with Gasteiger partial charge in [0.2, 0.25) is 0 Å². The van der Waals surface area contributed by atoms with Crippen LogP contribution in [-0.2, 0) is 13.0 Å². The number of hydrogen-bond acceptors (Lipinski definition) is 5. The number of aromatic nitrogens is 3. The average Bonchev–Trinajstić information content (AvgIpc) is 2.89. The van der Waals surface area contributed by atoms with Crippen molar-refractivity contribution in [3.63, 3.8) is 0 Å². The van der Waals surface area contributed by atoms with Gasteiger partial charge in [-0.25, -0.2) is 14.4 Å². The van der Waals surface area contributed by atoms with Gasteiger partial charge in [0.25, 0.3) is 0 Å². The van der Waals surface area contributed by atoms with Crippen LogP contribution < -0.4 is 4.90 Å². The van der Waals surface area contributed by atoms with Crippen LogP contribution in [0.15, 0.2) is 30.7 Å². The van der Waals surface area contributed by atoms with Crippen LogP contribution in [0.3, 0.4) is 0 Å². The summed E-state index contributed by atoms with van der Waals surface area (Å²) in [7, 11) is 2.15. The summed E-state index contributed by atoms with van der Waals surface area (Å²) < 4.78 is 14.5. The molecule has 134 valence electrons. The Morgan fingerprint density at radius 1 is 1.20 bits per heavy atom. The molecule has 6 heteroatoms. The first-order valence-corrected chi connectivity index (χ1v) is 9.03. The summed E-state index contributed by atoms with van der Waals surface area (Å²) in [4.78, 5) is 17.1. The summed E-state index contributed by atoms with van der Waals surface area (Å²) in [6, 6.07) is 6.49. The molecule has 1 aliphatic heterocycles. The molecular formula is C19H26FN5. The van der Waals surface area contributed by atoms with E-state index in [2.05, 4.69) is 37.9 Å². The van der Waals surface area contributed by atoms with Crippen LogP contribution in [0.1, 0.15) is 37.6 Å². The number of nitrogens with zero attached hydrogens (tertiary/aromatic N) is 5. The summed E-state index contributed by atoms with van der Waals surface area (Å²) in [5.74, 6) is 0.199. The number of hydrogen-bond donors (Lipinski definition) is 0. The van der Waals surface area contributed by atoms with E-state index in [4.69, 9.17) is 0 Å². The number of rotatable bonds is 5. The molecule has 2 aromatic heterocycles. The number of halogens is 1. The SMILES string of the molecule is CCc1ncnc(N2CCC[C@@H](N(C)Cc3ccccn3)CC2)c1F. The molecule has 1 aliphatic rings. The van der Waals surface area contributed by atoms with Gasteiger partial charge in [-0.05, 0) is 44.9 Å². The quantitative estimate of drug-likeness (QED) is 0.835. The summed E-state index contributed by atoms with van der Waals surface area (Å²) >= 11 is 0. The molecule has 0 amide bonds. The second-order valence-corrected chi connectivity index (χ2v) is 6.62. The zero-order valence-electron chi connectivity index (χ0n) is 15.0. The van der Waals surface area contributed by atoms with Gasteiger partial charge in [-0.3, -0.25) is 9.88 Å². The van der Waals surface area contributed by atoms with Crippen molar-refractivity contribution in [1.82, 2.24) is 19.9 Å². The highest BCUT2D eigenvalue weighted by molar-refractivity contribution is 5.41. The fraction of sp³-hybridized carbons (Fsp3) is 0.526. The Morgan fingerprint density at radius 2 is 2.08 bits per heavy atom. The highest BCUT2D eigenvalue weighted by Crippen LogP contribution is 2.24. The minimum atomic E-state index is -0.259. The van der Waals surface area contributed by atoms with Crippen LogP contribution in [0.5, 0.6) is 0 Å². The lowest BCUT2D eigenvalue weighted by molar-refractivity contribution is 0.215. The standard InChI is InChI=1S/C19H26FN5/c1-3-17-18(20)19(23-14-22-17)25-11-6-8-16(9-12-25)24(2)13-15-7-4-5-10-21-15/h4-5,7,10,14,16H,3,6,8-9,11-13H2,1-2H3/t16-/m1/s1. The minimum Gasteiger partial charge on any atom is -0.354 e. The molecule has 1 atom stereocenters. The van der Waals surface area contributed by atoms with E-state index >= 15 is 0 Å². The van der Waals surface area contributed by atoms with Crippen LogP contribution in [0.2, 0.25) is 0 Å². The predicted octanol–water partition coefficient (Wildman–Crippen LogP) is 3.06. The van der Waals surface area contributed by atoms with E-state index in [-0.39, 0.29) is 5.82 Å². The molecule has 0 N–H and O–H groups in total. The Kier molecular flexibility index (Phi) is 5.91. The van der Waals surface area contributed by atoms with Crippen molar-refractivity contribution in [1.29, 1.82) is 0 Å². The third kappa shape index (κ3) is 4.31. The van der Waals surface area contributed by atoms with Gasteiger partial charge in [-0.1, -0.05) is 13.0 Å². The van der Waals surface area contributed by atoms with Gasteiger partial charge in [-0.15, -0.1) is 0 Å². The Morgan fingerprint density at radius 3 is 2.84 bits per heavy atom. The first-order chi connectivity index (χ1) is 12.2. The third-order valence-corrected chi connectivity index (χ3v) is 4.94. The third-order valence-electron chi connectivity index (χ3n) is 4.94. The van der Waals surface area contributed by atoms with Crippen LogP contribution in [0.4, 0.5) is 10.2 Å². The molecule has 0 aromatic carbocycles. The van der Waals surface area contributed by atoms with Crippen molar-refractivity contribution < 1.29 is 4.39 Å². The van der Waals surface area contributed by atoms with Crippen molar-refractivity contribution in [2.75, 3.05) is 25.0 Å². The first kappa shape index (κ1) is 17.7. The van der Waals surface area contributed by atoms with E-state index in [1.54, 1.807) is 0 Å². The molecule has 5 nitrogen and oxygen atoms in total. The lowest BCUT2D eigenvalue weighted by atomic mass is 10.1. The first-order valence-electron chi connectivity index (χ1n) is 9.03. The predicted molar refractivity (Wildman–Crippen MR) is 96.9 cm³/mol. The van der Waals surface area contributed by atoms with Crippen LogP contribution in [-0.4, -0.2) is 46.0 Å². The molecule has 3 rings (SSSR count). The van der Waals surface area contributed by atoms with Gasteiger partial charge in [0.05, 0.1) is 11.4 Å². The second-order valence-electron chi connectivity index (χ2n) is 6.62. The molecule has 0 aliphatic carbocycles. The summed E-state index contributed by atoms with van der Waals surface area (Å²) in [5, 5.41) is 0. The van der Waals surface area contributed by atoms with E-state index in [0.717, 1.165) is 44.6 Å². The van der Waals surface area contributed by atoms with E-state index in [0.29, 0.717) is 24.0 Å². The topological polar surface area (TPSA) is 45.2 Å². The van der Waals surface area contributed by atoms with Gasteiger partial charge in [0, 0.05) is 31.9 Å². The van der Waals surface area contributed by atoms with E-state index in [9.17, 15) is 4.39 Å². The maximum atomic E-state index is 14.5. The van der Waals surface area contributed by atoms with E-state index in [1.165, 1.54) is 6.33 Å². The zero-order valence-corrected chi connectivity index (χ0v) is 15.0. The molecular weight excluding hydrogens is 317 g/mol. The van der Waals surface area contributed by atoms with Crippen molar-refractivity contribution in [3.8, 4) is 0 Å². The molecule has 3 heterocycles. The zero-order chi connectivity index (χ0) is 17.6. The molecule has 0 spiro atoms. The van der Waals surface area contributed by atoms with Crippen LogP contribution in [0, 0.1) is 5.82 Å². The monoisotopic (exact) mass is 343 g/mol. The number of anilines is 1. The van der Waals surface area contributed by atoms with Gasteiger partial charge < -0.3 is 4.90 Å². The lowest BCUT2D eigenvalue weighted by Crippen LogP contribution is -2.33. The fourth-order valence-electron chi connectivity index (χ4n) is 3.47. The van der Waals surface area contributed by atoms with Gasteiger partial charge in [0.1, 0.15) is 6.33 Å². The summed E-state index contributed by atoms with van der Waals surface area (Å²) in [5.41, 5.74) is 1.58. The normalized spacial score (nSPS) is 18.4. The van der Waals surface area contributed by atoms with Crippen LogP contribution in [0.25, 0.3) is 0 Å². The van der Waals surface area contributed by atoms with Gasteiger partial charge >= 0.3 is 0 Å². The molecule has 0 bridgehead atoms. The number of pyridine rings is 1. The summed E-state index contributed by atoms with van der Waals surface area (Å²) in [6.07, 6.45) is 7.03. The molecule has 0 saturated carbocycles. The molecule has 1 fully saturated rings. The second kappa shape index (κ2) is 8.34. The fourth-order valence-corrected chi connectivity index (χ4v) is 3.47. The van der Waals surface area contributed by atoms with Crippen LogP contribution >= 0.6 is 0 Å². The van der Waals surface area contributed by atoms with E-state index < -0.39 is 0 Å². The number of aryl methyl sites for hydroxylation is 1. The molecule has 25 heavy (non-hydrogen) atoms. The molecule has 0 unspecified atom stereocenters. The highest BCUT2D eigenvalue weighted by atomic mass is 19.1. The smallest absolute Gasteiger partial charge is 0.187 e. The Labute approximate surface area is 148 Å². The minimum absolute atomic E-state index is 0.259. The average molecular weight is 343 g/mol. The molecule has 1 saturated heterocycles. The van der Waals surface area contributed by atoms with Crippen molar-refractivity contribution in [3.05, 3.63) is 47.9 Å². The van der Waals surface area contributed by atoms with E-state index in [1.807, 2.05) is 25.3 Å². The van der Waals surface area contributed by atoms with Crippen molar-refractivity contribution >= 4 is 5.82 Å². The highest BCUT2D eigenvalue weighted by Gasteiger charge is 2.23. The Hall–Kier alpha value is -2.08. The lowest BCUT2D eigenvalue weighted by Gasteiger charge is -2.27.